The van der Waals surface area contributed by atoms with Gasteiger partial charge in [-0.15, -0.1) is 0 Å². The lowest BCUT2D eigenvalue weighted by Crippen LogP contribution is -2.27. The Morgan fingerprint density at radius 3 is 2.90 bits per heavy atom. The van der Waals surface area contributed by atoms with Crippen LogP contribution < -0.4 is 10.2 Å². The molecular weight excluding hydrogens is 254 g/mol. The van der Waals surface area contributed by atoms with Crippen molar-refractivity contribution in [2.45, 2.75) is 26.7 Å². The monoisotopic (exact) mass is 275 g/mol. The molecule has 0 aliphatic carbocycles. The van der Waals surface area contributed by atoms with Crippen LogP contribution in [0.2, 0.25) is 0 Å². The summed E-state index contributed by atoms with van der Waals surface area (Å²) in [5.41, 5.74) is 2.93. The van der Waals surface area contributed by atoms with Crippen molar-refractivity contribution in [3.05, 3.63) is 23.8 Å². The van der Waals surface area contributed by atoms with E-state index in [4.69, 9.17) is 4.74 Å². The number of aliphatic imine (C=N–C) groups is 1. The van der Waals surface area contributed by atoms with E-state index in [1.807, 2.05) is 25.1 Å². The maximum absolute atomic E-state index is 11.7. The first-order chi connectivity index (χ1) is 9.61. The minimum atomic E-state index is -0.340. The van der Waals surface area contributed by atoms with Gasteiger partial charge in [-0.1, -0.05) is 0 Å². The Balaban J connectivity index is 2.10. The second-order valence-electron chi connectivity index (χ2n) is 4.81. The van der Waals surface area contributed by atoms with Crippen LogP contribution in [0.4, 0.5) is 16.2 Å². The standard InChI is InChI=1S/C15H21N3O2/c1-4-20-15(19)18(3)12-7-8-13(11(2)10-12)17-14-6-5-9-16-14/h7-8,10H,4-6,9H2,1-3H3,(H,16,17). The molecule has 0 bridgehead atoms. The van der Waals surface area contributed by atoms with Crippen molar-refractivity contribution in [2.24, 2.45) is 4.99 Å². The molecule has 1 aromatic rings. The number of carbonyl (C=O) groups excluding carboxylic acids is 1. The van der Waals surface area contributed by atoms with Crippen molar-refractivity contribution in [3.8, 4) is 0 Å². The van der Waals surface area contributed by atoms with Crippen molar-refractivity contribution in [1.82, 2.24) is 0 Å². The van der Waals surface area contributed by atoms with E-state index in [1.165, 1.54) is 4.90 Å². The van der Waals surface area contributed by atoms with Gasteiger partial charge >= 0.3 is 6.09 Å². The van der Waals surface area contributed by atoms with E-state index in [0.29, 0.717) is 6.61 Å². The molecule has 5 nitrogen and oxygen atoms in total. The van der Waals surface area contributed by atoms with Crippen molar-refractivity contribution in [2.75, 3.05) is 30.4 Å². The summed E-state index contributed by atoms with van der Waals surface area (Å²) in [4.78, 5) is 17.6. The second-order valence-corrected chi connectivity index (χ2v) is 4.81. The van der Waals surface area contributed by atoms with Gasteiger partial charge in [0, 0.05) is 31.4 Å². The summed E-state index contributed by atoms with van der Waals surface area (Å²) < 4.78 is 4.99. The van der Waals surface area contributed by atoms with Crippen molar-refractivity contribution >= 4 is 23.3 Å². The molecule has 1 aliphatic heterocycles. The Morgan fingerprint density at radius 2 is 2.30 bits per heavy atom. The van der Waals surface area contributed by atoms with Crippen molar-refractivity contribution in [3.63, 3.8) is 0 Å². The number of anilines is 2. The number of aryl methyl sites for hydroxylation is 1. The number of hydrogen-bond donors (Lipinski definition) is 1. The first kappa shape index (κ1) is 14.4. The number of nitrogens with zero attached hydrogens (tertiary/aromatic N) is 2. The number of ether oxygens (including phenoxy) is 1. The average molecular weight is 275 g/mol. The third-order valence-corrected chi connectivity index (χ3v) is 3.29. The van der Waals surface area contributed by atoms with Crippen LogP contribution in [-0.2, 0) is 4.74 Å². The minimum Gasteiger partial charge on any atom is -0.449 e. The summed E-state index contributed by atoms with van der Waals surface area (Å²) >= 11 is 0. The molecule has 20 heavy (non-hydrogen) atoms. The lowest BCUT2D eigenvalue weighted by atomic mass is 10.1. The average Bonchev–Trinajstić information content (AvgIpc) is 2.93. The highest BCUT2D eigenvalue weighted by atomic mass is 16.6. The number of hydrogen-bond acceptors (Lipinski definition) is 4. The van der Waals surface area contributed by atoms with E-state index in [0.717, 1.165) is 42.2 Å². The first-order valence-corrected chi connectivity index (χ1v) is 6.93. The smallest absolute Gasteiger partial charge is 0.413 e. The number of carbonyl (C=O) groups is 1. The Morgan fingerprint density at radius 1 is 1.50 bits per heavy atom. The van der Waals surface area contributed by atoms with Crippen LogP contribution in [-0.4, -0.2) is 32.1 Å². The predicted octanol–water partition coefficient (Wildman–Crippen LogP) is 3.19. The molecule has 2 rings (SSSR count). The normalized spacial score (nSPS) is 13.8. The van der Waals surface area contributed by atoms with Crippen LogP contribution in [0.3, 0.4) is 0 Å². The van der Waals surface area contributed by atoms with Crippen LogP contribution in [0.15, 0.2) is 23.2 Å². The summed E-state index contributed by atoms with van der Waals surface area (Å²) in [7, 11) is 1.71. The number of benzene rings is 1. The van der Waals surface area contributed by atoms with Gasteiger partial charge < -0.3 is 10.1 Å². The molecule has 5 heteroatoms. The molecule has 0 aromatic heterocycles. The molecule has 0 radical (unpaired) electrons. The molecule has 1 aliphatic rings. The molecule has 1 amide bonds. The van der Waals surface area contributed by atoms with E-state index in [1.54, 1.807) is 14.0 Å². The number of rotatable bonds is 3. The molecule has 0 spiro atoms. The SMILES string of the molecule is CCOC(=O)N(C)c1ccc(NC2=NCCC2)c(C)c1. The lowest BCUT2D eigenvalue weighted by molar-refractivity contribution is 0.161. The quantitative estimate of drug-likeness (QED) is 0.921. The largest absolute Gasteiger partial charge is 0.449 e. The molecule has 0 atom stereocenters. The van der Waals surface area contributed by atoms with E-state index in [-0.39, 0.29) is 6.09 Å². The van der Waals surface area contributed by atoms with Gasteiger partial charge in [-0.05, 0) is 44.0 Å². The lowest BCUT2D eigenvalue weighted by Gasteiger charge is -2.18. The molecule has 1 aromatic carbocycles. The van der Waals surface area contributed by atoms with E-state index in [9.17, 15) is 4.79 Å². The number of amidine groups is 1. The van der Waals surface area contributed by atoms with Crippen LogP contribution >= 0.6 is 0 Å². The van der Waals surface area contributed by atoms with Gasteiger partial charge in [0.1, 0.15) is 5.84 Å². The summed E-state index contributed by atoms with van der Waals surface area (Å²) in [6.45, 7) is 5.10. The Bertz CT molecular complexity index is 526. The molecular formula is C15H21N3O2. The predicted molar refractivity (Wildman–Crippen MR) is 81.8 cm³/mol. The maximum Gasteiger partial charge on any atom is 0.413 e. The first-order valence-electron chi connectivity index (χ1n) is 6.93. The van der Waals surface area contributed by atoms with E-state index < -0.39 is 0 Å². The molecule has 0 fully saturated rings. The third-order valence-electron chi connectivity index (χ3n) is 3.29. The summed E-state index contributed by atoms with van der Waals surface area (Å²) in [6.07, 6.45) is 1.78. The highest BCUT2D eigenvalue weighted by Crippen LogP contribution is 2.23. The third kappa shape index (κ3) is 3.29. The Kier molecular flexibility index (Phi) is 4.61. The maximum atomic E-state index is 11.7. The Hall–Kier alpha value is -2.04. The molecule has 0 unspecified atom stereocenters. The number of amides is 1. The summed E-state index contributed by atoms with van der Waals surface area (Å²) in [5.74, 6) is 1.04. The van der Waals surface area contributed by atoms with Gasteiger partial charge in [0.2, 0.25) is 0 Å². The zero-order valence-electron chi connectivity index (χ0n) is 12.3. The van der Waals surface area contributed by atoms with Crippen LogP contribution in [0.25, 0.3) is 0 Å². The molecule has 0 saturated heterocycles. The van der Waals surface area contributed by atoms with Crippen LogP contribution in [0.1, 0.15) is 25.3 Å². The van der Waals surface area contributed by atoms with Gasteiger partial charge in [0.15, 0.2) is 0 Å². The van der Waals surface area contributed by atoms with Crippen LogP contribution in [0, 0.1) is 6.92 Å². The zero-order chi connectivity index (χ0) is 14.5. The summed E-state index contributed by atoms with van der Waals surface area (Å²) in [6, 6.07) is 5.85. The molecule has 1 N–H and O–H groups in total. The van der Waals surface area contributed by atoms with Crippen LogP contribution in [0.5, 0.6) is 0 Å². The fourth-order valence-electron chi connectivity index (χ4n) is 2.12. The van der Waals surface area contributed by atoms with Gasteiger partial charge in [0.05, 0.1) is 6.61 Å². The van der Waals surface area contributed by atoms with Gasteiger partial charge in [-0.2, -0.15) is 0 Å². The summed E-state index contributed by atoms with van der Waals surface area (Å²) in [5, 5.41) is 3.34. The fourth-order valence-corrected chi connectivity index (χ4v) is 2.12. The number of nitrogens with one attached hydrogen (secondary N) is 1. The molecule has 0 saturated carbocycles. The highest BCUT2D eigenvalue weighted by molar-refractivity contribution is 5.97. The van der Waals surface area contributed by atoms with Crippen molar-refractivity contribution in [1.29, 1.82) is 0 Å². The minimum absolute atomic E-state index is 0.340. The Labute approximate surface area is 119 Å². The molecule has 1 heterocycles. The van der Waals surface area contributed by atoms with E-state index in [2.05, 4.69) is 10.3 Å². The van der Waals surface area contributed by atoms with Crippen molar-refractivity contribution < 1.29 is 9.53 Å². The second kappa shape index (κ2) is 6.41. The van der Waals surface area contributed by atoms with Gasteiger partial charge in [-0.3, -0.25) is 9.89 Å². The molecule has 108 valence electrons. The van der Waals surface area contributed by atoms with Gasteiger partial charge in [0.25, 0.3) is 0 Å². The topological polar surface area (TPSA) is 53.9 Å². The van der Waals surface area contributed by atoms with Gasteiger partial charge in [-0.25, -0.2) is 4.79 Å². The highest BCUT2D eigenvalue weighted by Gasteiger charge is 2.13. The zero-order valence-corrected chi connectivity index (χ0v) is 12.3. The van der Waals surface area contributed by atoms with E-state index >= 15 is 0 Å². The fraction of sp³-hybridized carbons (Fsp3) is 0.467.